The lowest BCUT2D eigenvalue weighted by atomic mass is 10.1. The number of anilines is 1. The van der Waals surface area contributed by atoms with E-state index < -0.39 is 0 Å². The lowest BCUT2D eigenvalue weighted by molar-refractivity contribution is -0.138. The van der Waals surface area contributed by atoms with Crippen molar-refractivity contribution >= 4 is 11.6 Å². The number of hydrogen-bond donors (Lipinski definition) is 1. The van der Waals surface area contributed by atoms with Crippen molar-refractivity contribution in [2.45, 2.75) is 46.8 Å². The summed E-state index contributed by atoms with van der Waals surface area (Å²) in [6, 6.07) is 6.16. The van der Waals surface area contributed by atoms with Crippen LogP contribution in [0.1, 0.15) is 30.5 Å². The minimum Gasteiger partial charge on any atom is -0.372 e. The highest BCUT2D eigenvalue weighted by Crippen LogP contribution is 2.22. The number of nitriles is 1. The molecular formula is C19H25N3O2. The molecule has 1 N–H and O–H groups in total. The van der Waals surface area contributed by atoms with E-state index in [2.05, 4.69) is 17.4 Å². The molecular weight excluding hydrogens is 302 g/mol. The summed E-state index contributed by atoms with van der Waals surface area (Å²) < 4.78 is 5.64. The molecule has 0 aliphatic carbocycles. The largest absolute Gasteiger partial charge is 0.372 e. The summed E-state index contributed by atoms with van der Waals surface area (Å²) in [5, 5.41) is 12.5. The first kappa shape index (κ1) is 18.0. The SMILES string of the molecule is Cc1cc(C)c(N/C=C(/C#N)C(=O)N2CC(C)OC(C)C2)c(C)c1. The average molecular weight is 327 g/mol. The van der Waals surface area contributed by atoms with E-state index in [1.54, 1.807) is 4.90 Å². The maximum Gasteiger partial charge on any atom is 0.266 e. The fourth-order valence-electron chi connectivity index (χ4n) is 3.21. The second kappa shape index (κ2) is 7.50. The van der Waals surface area contributed by atoms with Crippen molar-refractivity contribution < 1.29 is 9.53 Å². The third-order valence-electron chi connectivity index (χ3n) is 4.10. The highest BCUT2D eigenvalue weighted by molar-refractivity contribution is 5.97. The van der Waals surface area contributed by atoms with E-state index in [9.17, 15) is 10.1 Å². The van der Waals surface area contributed by atoms with Crippen molar-refractivity contribution in [3.63, 3.8) is 0 Å². The molecule has 1 fully saturated rings. The standard InChI is InChI=1S/C19H25N3O2/c1-12-6-13(2)18(14(3)7-12)21-9-17(8-20)19(23)22-10-15(4)24-16(5)11-22/h6-7,9,15-16,21H,10-11H2,1-5H3/b17-9-. The molecule has 2 unspecified atom stereocenters. The molecule has 128 valence electrons. The molecule has 0 saturated carbocycles. The van der Waals surface area contributed by atoms with Gasteiger partial charge < -0.3 is 15.0 Å². The molecule has 0 radical (unpaired) electrons. The second-order valence-corrected chi connectivity index (χ2v) is 6.56. The van der Waals surface area contributed by atoms with Gasteiger partial charge in [-0.1, -0.05) is 17.7 Å². The van der Waals surface area contributed by atoms with Crippen LogP contribution in [-0.2, 0) is 9.53 Å². The van der Waals surface area contributed by atoms with Gasteiger partial charge in [0.2, 0.25) is 0 Å². The number of carbonyl (C=O) groups is 1. The highest BCUT2D eigenvalue weighted by atomic mass is 16.5. The first-order valence-electron chi connectivity index (χ1n) is 8.21. The van der Waals surface area contributed by atoms with Crippen LogP contribution in [0.15, 0.2) is 23.9 Å². The number of hydrogen-bond acceptors (Lipinski definition) is 4. The molecule has 5 nitrogen and oxygen atoms in total. The molecule has 1 aliphatic heterocycles. The summed E-state index contributed by atoms with van der Waals surface area (Å²) in [5.41, 5.74) is 4.40. The van der Waals surface area contributed by atoms with Gasteiger partial charge >= 0.3 is 0 Å². The molecule has 1 saturated heterocycles. The van der Waals surface area contributed by atoms with Crippen LogP contribution in [-0.4, -0.2) is 36.1 Å². The normalized spacial score (nSPS) is 21.3. The molecule has 1 aromatic rings. The molecule has 2 atom stereocenters. The van der Waals surface area contributed by atoms with Crippen LogP contribution >= 0.6 is 0 Å². The van der Waals surface area contributed by atoms with Crippen LogP contribution in [0.25, 0.3) is 0 Å². The van der Waals surface area contributed by atoms with E-state index in [0.29, 0.717) is 13.1 Å². The molecule has 5 heteroatoms. The van der Waals surface area contributed by atoms with Gasteiger partial charge in [0.05, 0.1) is 12.2 Å². The average Bonchev–Trinajstić information content (AvgIpc) is 2.48. The van der Waals surface area contributed by atoms with Crippen molar-refractivity contribution in [1.82, 2.24) is 4.90 Å². The minimum absolute atomic E-state index is 0.0211. The molecule has 1 amide bonds. The van der Waals surface area contributed by atoms with Gasteiger partial charge in [0, 0.05) is 25.0 Å². The van der Waals surface area contributed by atoms with Gasteiger partial charge in [-0.15, -0.1) is 0 Å². The third kappa shape index (κ3) is 4.15. The molecule has 0 bridgehead atoms. The van der Waals surface area contributed by atoms with Gasteiger partial charge in [0.1, 0.15) is 11.6 Å². The van der Waals surface area contributed by atoms with Crippen LogP contribution in [0, 0.1) is 32.1 Å². The number of rotatable bonds is 3. The van der Waals surface area contributed by atoms with E-state index >= 15 is 0 Å². The van der Waals surface area contributed by atoms with E-state index in [-0.39, 0.29) is 23.7 Å². The number of amides is 1. The Balaban J connectivity index is 2.18. The third-order valence-corrected chi connectivity index (χ3v) is 4.10. The second-order valence-electron chi connectivity index (χ2n) is 6.56. The number of aryl methyl sites for hydroxylation is 3. The van der Waals surface area contributed by atoms with Crippen LogP contribution in [0.4, 0.5) is 5.69 Å². The molecule has 24 heavy (non-hydrogen) atoms. The fourth-order valence-corrected chi connectivity index (χ4v) is 3.21. The Morgan fingerprint density at radius 2 is 1.79 bits per heavy atom. The minimum atomic E-state index is -0.255. The van der Waals surface area contributed by atoms with Gasteiger partial charge in [-0.3, -0.25) is 4.79 Å². The molecule has 0 aromatic heterocycles. The number of nitrogens with one attached hydrogen (secondary N) is 1. The van der Waals surface area contributed by atoms with Gasteiger partial charge in [-0.25, -0.2) is 0 Å². The zero-order chi connectivity index (χ0) is 17.9. The Labute approximate surface area is 143 Å². The summed E-state index contributed by atoms with van der Waals surface area (Å²) >= 11 is 0. The van der Waals surface area contributed by atoms with Crippen molar-refractivity contribution in [3.05, 3.63) is 40.6 Å². The monoisotopic (exact) mass is 327 g/mol. The molecule has 1 heterocycles. The van der Waals surface area contributed by atoms with Gasteiger partial charge in [0.25, 0.3) is 5.91 Å². The molecule has 1 aromatic carbocycles. The maximum absolute atomic E-state index is 12.6. The summed E-state index contributed by atoms with van der Waals surface area (Å²) in [6.45, 7) is 10.9. The smallest absolute Gasteiger partial charge is 0.266 e. The number of benzene rings is 1. The van der Waals surface area contributed by atoms with Gasteiger partial charge in [-0.05, 0) is 45.7 Å². The predicted octanol–water partition coefficient (Wildman–Crippen LogP) is 3.07. The Morgan fingerprint density at radius 1 is 1.25 bits per heavy atom. The van der Waals surface area contributed by atoms with Crippen LogP contribution < -0.4 is 5.32 Å². The number of carbonyl (C=O) groups excluding carboxylic acids is 1. The van der Waals surface area contributed by atoms with Crippen LogP contribution in [0.2, 0.25) is 0 Å². The van der Waals surface area contributed by atoms with E-state index in [1.165, 1.54) is 11.8 Å². The molecule has 2 rings (SSSR count). The summed E-state index contributed by atoms with van der Waals surface area (Å²) in [5.74, 6) is -0.255. The summed E-state index contributed by atoms with van der Waals surface area (Å²) in [6.07, 6.45) is 1.47. The Kier molecular flexibility index (Phi) is 5.63. The van der Waals surface area contributed by atoms with E-state index in [4.69, 9.17) is 4.74 Å². The Morgan fingerprint density at radius 3 is 2.29 bits per heavy atom. The first-order chi connectivity index (χ1) is 11.3. The Bertz CT molecular complexity index is 670. The summed E-state index contributed by atoms with van der Waals surface area (Å²) in [4.78, 5) is 14.3. The van der Waals surface area contributed by atoms with Gasteiger partial charge in [0.15, 0.2) is 0 Å². The maximum atomic E-state index is 12.6. The Hall–Kier alpha value is -2.32. The predicted molar refractivity (Wildman–Crippen MR) is 94.6 cm³/mol. The first-order valence-corrected chi connectivity index (χ1v) is 8.21. The quantitative estimate of drug-likeness (QED) is 0.684. The van der Waals surface area contributed by atoms with E-state index in [0.717, 1.165) is 16.8 Å². The van der Waals surface area contributed by atoms with Crippen molar-refractivity contribution in [2.24, 2.45) is 0 Å². The molecule has 1 aliphatic rings. The summed E-state index contributed by atoms with van der Waals surface area (Å²) in [7, 11) is 0. The number of nitrogens with zero attached hydrogens (tertiary/aromatic N) is 2. The fraction of sp³-hybridized carbons (Fsp3) is 0.474. The highest BCUT2D eigenvalue weighted by Gasteiger charge is 2.27. The lowest BCUT2D eigenvalue weighted by Gasteiger charge is -2.35. The van der Waals surface area contributed by atoms with Crippen molar-refractivity contribution in [3.8, 4) is 6.07 Å². The molecule has 0 spiro atoms. The van der Waals surface area contributed by atoms with Crippen molar-refractivity contribution in [2.75, 3.05) is 18.4 Å². The van der Waals surface area contributed by atoms with Crippen molar-refractivity contribution in [1.29, 1.82) is 5.26 Å². The van der Waals surface area contributed by atoms with Gasteiger partial charge in [-0.2, -0.15) is 5.26 Å². The number of morpholine rings is 1. The number of ether oxygens (including phenoxy) is 1. The lowest BCUT2D eigenvalue weighted by Crippen LogP contribution is -2.48. The van der Waals surface area contributed by atoms with Crippen LogP contribution in [0.5, 0.6) is 0 Å². The zero-order valence-electron chi connectivity index (χ0n) is 15.0. The zero-order valence-corrected chi connectivity index (χ0v) is 15.0. The van der Waals surface area contributed by atoms with Crippen LogP contribution in [0.3, 0.4) is 0 Å². The topological polar surface area (TPSA) is 65.4 Å². The van der Waals surface area contributed by atoms with E-state index in [1.807, 2.05) is 40.7 Å².